The van der Waals surface area contributed by atoms with Crippen LogP contribution in [-0.4, -0.2) is 23.0 Å². The molecule has 0 atom stereocenters. The van der Waals surface area contributed by atoms with Crippen molar-refractivity contribution in [3.63, 3.8) is 0 Å². The SMILES string of the molecule is Cc1ccccc1-c1ccnc(CN2CCCCC2)c1. The van der Waals surface area contributed by atoms with Crippen molar-refractivity contribution < 1.29 is 0 Å². The summed E-state index contributed by atoms with van der Waals surface area (Å²) in [5.74, 6) is 0. The van der Waals surface area contributed by atoms with E-state index < -0.39 is 0 Å². The van der Waals surface area contributed by atoms with E-state index in [0.29, 0.717) is 0 Å². The van der Waals surface area contributed by atoms with Gasteiger partial charge in [0.05, 0.1) is 5.69 Å². The summed E-state index contributed by atoms with van der Waals surface area (Å²) in [5, 5.41) is 0. The van der Waals surface area contributed by atoms with Gasteiger partial charge in [0.1, 0.15) is 0 Å². The number of hydrogen-bond donors (Lipinski definition) is 0. The van der Waals surface area contributed by atoms with Gasteiger partial charge in [-0.25, -0.2) is 0 Å². The Morgan fingerprint density at radius 3 is 2.65 bits per heavy atom. The minimum absolute atomic E-state index is 0.986. The Morgan fingerprint density at radius 1 is 1.05 bits per heavy atom. The maximum Gasteiger partial charge on any atom is 0.0550 e. The summed E-state index contributed by atoms with van der Waals surface area (Å²) in [6.45, 7) is 5.59. The quantitative estimate of drug-likeness (QED) is 0.833. The van der Waals surface area contributed by atoms with E-state index in [0.717, 1.165) is 6.54 Å². The molecule has 0 amide bonds. The van der Waals surface area contributed by atoms with Gasteiger partial charge in [-0.2, -0.15) is 0 Å². The molecule has 2 heteroatoms. The number of benzene rings is 1. The molecule has 0 aliphatic carbocycles. The van der Waals surface area contributed by atoms with Crippen LogP contribution in [0.4, 0.5) is 0 Å². The first kappa shape index (κ1) is 13.3. The van der Waals surface area contributed by atoms with Gasteiger partial charge in [-0.1, -0.05) is 30.7 Å². The largest absolute Gasteiger partial charge is 0.298 e. The van der Waals surface area contributed by atoms with Crippen molar-refractivity contribution >= 4 is 0 Å². The zero-order valence-electron chi connectivity index (χ0n) is 12.2. The minimum atomic E-state index is 0.986. The molecule has 1 aliphatic rings. The summed E-state index contributed by atoms with van der Waals surface area (Å²) in [5.41, 5.74) is 5.11. The first-order chi connectivity index (χ1) is 9.83. The molecule has 1 aromatic heterocycles. The lowest BCUT2D eigenvalue weighted by molar-refractivity contribution is 0.218. The number of likely N-dealkylation sites (tertiary alicyclic amines) is 1. The summed E-state index contributed by atoms with van der Waals surface area (Å²) in [6, 6.07) is 12.9. The van der Waals surface area contributed by atoms with E-state index in [-0.39, 0.29) is 0 Å². The lowest BCUT2D eigenvalue weighted by atomic mass is 10.0. The Labute approximate surface area is 121 Å². The molecule has 0 spiro atoms. The standard InChI is InChI=1S/C18H22N2/c1-15-7-3-4-8-18(15)16-9-10-19-17(13-16)14-20-11-5-2-6-12-20/h3-4,7-10,13H,2,5-6,11-12,14H2,1H3. The van der Waals surface area contributed by atoms with Crippen molar-refractivity contribution in [2.45, 2.75) is 32.7 Å². The lowest BCUT2D eigenvalue weighted by Crippen LogP contribution is -2.29. The number of nitrogens with zero attached hydrogens (tertiary/aromatic N) is 2. The van der Waals surface area contributed by atoms with E-state index >= 15 is 0 Å². The molecule has 0 bridgehead atoms. The van der Waals surface area contributed by atoms with Crippen LogP contribution in [0.2, 0.25) is 0 Å². The van der Waals surface area contributed by atoms with Crippen molar-refractivity contribution in [1.82, 2.24) is 9.88 Å². The summed E-state index contributed by atoms with van der Waals surface area (Å²) in [7, 11) is 0. The third-order valence-corrected chi connectivity index (χ3v) is 4.11. The second kappa shape index (κ2) is 6.19. The maximum absolute atomic E-state index is 4.55. The van der Waals surface area contributed by atoms with Gasteiger partial charge in [-0.3, -0.25) is 9.88 Å². The van der Waals surface area contributed by atoms with Crippen molar-refractivity contribution in [3.8, 4) is 11.1 Å². The first-order valence-electron chi connectivity index (χ1n) is 7.56. The summed E-state index contributed by atoms with van der Waals surface area (Å²) in [4.78, 5) is 7.07. The molecule has 2 aromatic rings. The molecule has 20 heavy (non-hydrogen) atoms. The number of aromatic nitrogens is 1. The molecule has 2 heterocycles. The molecule has 1 aliphatic heterocycles. The van der Waals surface area contributed by atoms with E-state index in [4.69, 9.17) is 0 Å². The smallest absolute Gasteiger partial charge is 0.0550 e. The molecule has 0 radical (unpaired) electrons. The second-order valence-corrected chi connectivity index (χ2v) is 5.69. The van der Waals surface area contributed by atoms with Crippen LogP contribution in [-0.2, 0) is 6.54 Å². The van der Waals surface area contributed by atoms with Crippen LogP contribution in [0.25, 0.3) is 11.1 Å². The summed E-state index contributed by atoms with van der Waals surface area (Å²) < 4.78 is 0. The van der Waals surface area contributed by atoms with Crippen LogP contribution in [0.5, 0.6) is 0 Å². The molecule has 1 fully saturated rings. The molecule has 0 unspecified atom stereocenters. The number of pyridine rings is 1. The number of aryl methyl sites for hydroxylation is 1. The average Bonchev–Trinajstić information content (AvgIpc) is 2.49. The lowest BCUT2D eigenvalue weighted by Gasteiger charge is -2.26. The third kappa shape index (κ3) is 3.07. The molecular formula is C18H22N2. The number of hydrogen-bond acceptors (Lipinski definition) is 2. The normalized spacial score (nSPS) is 16.2. The van der Waals surface area contributed by atoms with Gasteiger partial charge < -0.3 is 0 Å². The van der Waals surface area contributed by atoms with Crippen LogP contribution >= 0.6 is 0 Å². The summed E-state index contributed by atoms with van der Waals surface area (Å²) in [6.07, 6.45) is 5.99. The van der Waals surface area contributed by atoms with E-state index in [1.54, 1.807) is 0 Å². The van der Waals surface area contributed by atoms with Crippen LogP contribution in [0, 0.1) is 6.92 Å². The second-order valence-electron chi connectivity index (χ2n) is 5.69. The number of piperidine rings is 1. The third-order valence-electron chi connectivity index (χ3n) is 4.11. The summed E-state index contributed by atoms with van der Waals surface area (Å²) >= 11 is 0. The van der Waals surface area contributed by atoms with E-state index in [1.807, 2.05) is 6.20 Å². The molecular weight excluding hydrogens is 244 g/mol. The Hall–Kier alpha value is -1.67. The molecule has 2 nitrogen and oxygen atoms in total. The van der Waals surface area contributed by atoms with Gasteiger partial charge in [0.2, 0.25) is 0 Å². The van der Waals surface area contributed by atoms with Crippen molar-refractivity contribution in [1.29, 1.82) is 0 Å². The monoisotopic (exact) mass is 266 g/mol. The topological polar surface area (TPSA) is 16.1 Å². The maximum atomic E-state index is 4.55. The highest BCUT2D eigenvalue weighted by atomic mass is 15.1. The zero-order valence-corrected chi connectivity index (χ0v) is 12.2. The van der Waals surface area contributed by atoms with E-state index in [1.165, 1.54) is 54.7 Å². The highest BCUT2D eigenvalue weighted by Crippen LogP contribution is 2.23. The van der Waals surface area contributed by atoms with Crippen LogP contribution in [0.15, 0.2) is 42.6 Å². The number of rotatable bonds is 3. The predicted molar refractivity (Wildman–Crippen MR) is 83.5 cm³/mol. The van der Waals surface area contributed by atoms with Gasteiger partial charge in [-0.05, 0) is 61.7 Å². The van der Waals surface area contributed by atoms with Crippen molar-refractivity contribution in [3.05, 3.63) is 53.9 Å². The fourth-order valence-corrected chi connectivity index (χ4v) is 2.98. The highest BCUT2D eigenvalue weighted by molar-refractivity contribution is 5.66. The van der Waals surface area contributed by atoms with Crippen LogP contribution in [0.1, 0.15) is 30.5 Å². The van der Waals surface area contributed by atoms with Gasteiger partial charge in [0.15, 0.2) is 0 Å². The van der Waals surface area contributed by atoms with Gasteiger partial charge >= 0.3 is 0 Å². The van der Waals surface area contributed by atoms with Gasteiger partial charge in [0, 0.05) is 12.7 Å². The van der Waals surface area contributed by atoms with Gasteiger partial charge in [0.25, 0.3) is 0 Å². The Bertz CT molecular complexity index is 571. The van der Waals surface area contributed by atoms with E-state index in [9.17, 15) is 0 Å². The molecule has 0 saturated carbocycles. The van der Waals surface area contributed by atoms with Crippen molar-refractivity contribution in [2.75, 3.05) is 13.1 Å². The Balaban J connectivity index is 1.80. The van der Waals surface area contributed by atoms with E-state index in [2.05, 4.69) is 53.2 Å². The molecule has 0 N–H and O–H groups in total. The molecule has 104 valence electrons. The van der Waals surface area contributed by atoms with Crippen LogP contribution < -0.4 is 0 Å². The average molecular weight is 266 g/mol. The Kier molecular flexibility index (Phi) is 4.12. The zero-order chi connectivity index (χ0) is 13.8. The molecule has 1 saturated heterocycles. The van der Waals surface area contributed by atoms with Gasteiger partial charge in [-0.15, -0.1) is 0 Å². The fourth-order valence-electron chi connectivity index (χ4n) is 2.98. The highest BCUT2D eigenvalue weighted by Gasteiger charge is 2.11. The Morgan fingerprint density at radius 2 is 1.85 bits per heavy atom. The molecule has 3 rings (SSSR count). The predicted octanol–water partition coefficient (Wildman–Crippen LogP) is 4.04. The fraction of sp³-hybridized carbons (Fsp3) is 0.389. The van der Waals surface area contributed by atoms with Crippen molar-refractivity contribution in [2.24, 2.45) is 0 Å². The van der Waals surface area contributed by atoms with Crippen LogP contribution in [0.3, 0.4) is 0 Å². The minimum Gasteiger partial charge on any atom is -0.298 e. The first-order valence-corrected chi connectivity index (χ1v) is 7.56. The molecule has 1 aromatic carbocycles.